The molecule has 2 amide bonds. The van der Waals surface area contributed by atoms with Crippen molar-refractivity contribution in [2.24, 2.45) is 5.73 Å². The van der Waals surface area contributed by atoms with Crippen LogP contribution >= 0.6 is 0 Å². The first-order valence-corrected chi connectivity index (χ1v) is 5.08. The van der Waals surface area contributed by atoms with Crippen molar-refractivity contribution in [3.8, 4) is 0 Å². The second-order valence-electron chi connectivity index (χ2n) is 4.34. The minimum atomic E-state index is -1.12. The monoisotopic (exact) mass is 236 g/mol. The van der Waals surface area contributed by atoms with E-state index < -0.39 is 17.4 Å². The molecule has 1 heterocycles. The Bertz CT molecular complexity index is 469. The van der Waals surface area contributed by atoms with Gasteiger partial charge in [0.1, 0.15) is 5.54 Å². The molecular formula is C11H16N4O2. The van der Waals surface area contributed by atoms with E-state index in [4.69, 9.17) is 11.5 Å². The molecule has 5 N–H and O–H groups in total. The summed E-state index contributed by atoms with van der Waals surface area (Å²) < 4.78 is 0. The fourth-order valence-electron chi connectivity index (χ4n) is 1.19. The first-order valence-electron chi connectivity index (χ1n) is 5.08. The zero-order valence-corrected chi connectivity index (χ0v) is 10.1. The third-order valence-corrected chi connectivity index (χ3v) is 2.39. The molecule has 0 bridgehead atoms. The lowest BCUT2D eigenvalue weighted by molar-refractivity contribution is -0.122. The number of nitrogens with one attached hydrogen (secondary N) is 1. The summed E-state index contributed by atoms with van der Waals surface area (Å²) in [5, 5.41) is 2.53. The largest absolute Gasteiger partial charge is 0.397 e. The quantitative estimate of drug-likeness (QED) is 0.684. The second kappa shape index (κ2) is 4.40. The number of carbonyl (C=O) groups excluding carboxylic acids is 2. The predicted molar refractivity (Wildman–Crippen MR) is 64.1 cm³/mol. The van der Waals surface area contributed by atoms with Gasteiger partial charge in [-0.25, -0.2) is 0 Å². The van der Waals surface area contributed by atoms with Crippen LogP contribution in [0.4, 0.5) is 5.69 Å². The number of amides is 2. The van der Waals surface area contributed by atoms with Gasteiger partial charge in [-0.1, -0.05) is 0 Å². The van der Waals surface area contributed by atoms with Crippen LogP contribution in [0.2, 0.25) is 0 Å². The maximum Gasteiger partial charge on any atom is 0.254 e. The molecule has 0 atom stereocenters. The van der Waals surface area contributed by atoms with Crippen LogP contribution in [0.15, 0.2) is 12.3 Å². The van der Waals surface area contributed by atoms with E-state index in [1.165, 1.54) is 26.1 Å². The summed E-state index contributed by atoms with van der Waals surface area (Å²) in [4.78, 5) is 27.0. The Balaban J connectivity index is 2.98. The number of nitrogens with two attached hydrogens (primary N) is 2. The average Bonchev–Trinajstić information content (AvgIpc) is 2.20. The van der Waals surface area contributed by atoms with E-state index in [-0.39, 0.29) is 0 Å². The molecule has 0 fully saturated rings. The van der Waals surface area contributed by atoms with Crippen molar-refractivity contribution in [3.63, 3.8) is 0 Å². The molecule has 17 heavy (non-hydrogen) atoms. The van der Waals surface area contributed by atoms with E-state index in [0.717, 1.165) is 0 Å². The number of pyridine rings is 1. The second-order valence-corrected chi connectivity index (χ2v) is 4.34. The number of nitrogens with zero attached hydrogens (tertiary/aromatic N) is 1. The van der Waals surface area contributed by atoms with Crippen LogP contribution in [-0.4, -0.2) is 22.3 Å². The summed E-state index contributed by atoms with van der Waals surface area (Å²) in [6.45, 7) is 4.75. The number of hydrogen-bond acceptors (Lipinski definition) is 4. The van der Waals surface area contributed by atoms with Gasteiger partial charge in [0.05, 0.1) is 23.1 Å². The van der Waals surface area contributed by atoms with E-state index >= 15 is 0 Å². The molecule has 1 rings (SSSR count). The smallest absolute Gasteiger partial charge is 0.254 e. The normalized spacial score (nSPS) is 11.0. The molecule has 92 valence electrons. The van der Waals surface area contributed by atoms with Gasteiger partial charge in [0.25, 0.3) is 5.91 Å². The molecule has 0 aliphatic carbocycles. The fraction of sp³-hybridized carbons (Fsp3) is 0.364. The van der Waals surface area contributed by atoms with E-state index in [1.807, 2.05) is 0 Å². The molecular weight excluding hydrogens is 220 g/mol. The maximum atomic E-state index is 11.9. The minimum absolute atomic E-state index is 0.333. The topological polar surface area (TPSA) is 111 Å². The Morgan fingerprint density at radius 2 is 2.00 bits per heavy atom. The number of anilines is 1. The highest BCUT2D eigenvalue weighted by Crippen LogP contribution is 2.11. The number of rotatable bonds is 3. The lowest BCUT2D eigenvalue weighted by Gasteiger charge is -2.22. The van der Waals surface area contributed by atoms with E-state index in [9.17, 15) is 9.59 Å². The van der Waals surface area contributed by atoms with Gasteiger partial charge in [-0.15, -0.1) is 0 Å². The number of hydrogen-bond donors (Lipinski definition) is 3. The summed E-state index contributed by atoms with van der Waals surface area (Å²) in [6, 6.07) is 1.51. The highest BCUT2D eigenvalue weighted by atomic mass is 16.2. The van der Waals surface area contributed by atoms with Crippen LogP contribution < -0.4 is 16.8 Å². The van der Waals surface area contributed by atoms with Crippen molar-refractivity contribution in [1.29, 1.82) is 0 Å². The van der Waals surface area contributed by atoms with Crippen molar-refractivity contribution in [3.05, 3.63) is 23.5 Å². The Morgan fingerprint density at radius 1 is 1.41 bits per heavy atom. The molecule has 0 aromatic carbocycles. The average molecular weight is 236 g/mol. The lowest BCUT2D eigenvalue weighted by atomic mass is 10.0. The van der Waals surface area contributed by atoms with Crippen LogP contribution in [0.5, 0.6) is 0 Å². The third-order valence-electron chi connectivity index (χ3n) is 2.39. The Kier molecular flexibility index (Phi) is 3.36. The molecule has 6 nitrogen and oxygen atoms in total. The summed E-state index contributed by atoms with van der Waals surface area (Å²) >= 11 is 0. The van der Waals surface area contributed by atoms with E-state index in [1.54, 1.807) is 6.92 Å². The third kappa shape index (κ3) is 2.93. The minimum Gasteiger partial charge on any atom is -0.397 e. The highest BCUT2D eigenvalue weighted by Gasteiger charge is 2.27. The van der Waals surface area contributed by atoms with Gasteiger partial charge in [-0.2, -0.15) is 0 Å². The maximum absolute atomic E-state index is 11.9. The number of aromatic nitrogens is 1. The van der Waals surface area contributed by atoms with Crippen molar-refractivity contribution in [2.45, 2.75) is 26.3 Å². The van der Waals surface area contributed by atoms with Gasteiger partial charge in [-0.3, -0.25) is 14.6 Å². The standard InChI is InChI=1S/C11H16N4O2/c1-6-8(4-7(12)5-14-6)9(16)15-11(2,3)10(13)17/h4-5H,12H2,1-3H3,(H2,13,17)(H,15,16). The summed E-state index contributed by atoms with van der Waals surface area (Å²) in [5.74, 6) is -1.04. The highest BCUT2D eigenvalue weighted by molar-refractivity contribution is 5.99. The number of nitrogen functional groups attached to an aromatic ring is 1. The SMILES string of the molecule is Cc1ncc(N)cc1C(=O)NC(C)(C)C(N)=O. The Labute approximate surface area is 99.4 Å². The van der Waals surface area contributed by atoms with Crippen molar-refractivity contribution in [2.75, 3.05) is 5.73 Å². The summed E-state index contributed by atoms with van der Waals surface area (Å²) in [5.41, 5.74) is 10.9. The fourth-order valence-corrected chi connectivity index (χ4v) is 1.19. The Morgan fingerprint density at radius 3 is 2.53 bits per heavy atom. The zero-order valence-electron chi connectivity index (χ0n) is 10.1. The lowest BCUT2D eigenvalue weighted by Crippen LogP contribution is -2.53. The van der Waals surface area contributed by atoms with Crippen LogP contribution in [0.25, 0.3) is 0 Å². The number of aryl methyl sites for hydroxylation is 1. The van der Waals surface area contributed by atoms with E-state index in [2.05, 4.69) is 10.3 Å². The van der Waals surface area contributed by atoms with Crippen LogP contribution in [0.1, 0.15) is 29.9 Å². The molecule has 0 saturated carbocycles. The van der Waals surface area contributed by atoms with Crippen LogP contribution in [0.3, 0.4) is 0 Å². The summed E-state index contributed by atoms with van der Waals surface area (Å²) in [7, 11) is 0. The van der Waals surface area contributed by atoms with Gasteiger partial charge in [0.2, 0.25) is 5.91 Å². The van der Waals surface area contributed by atoms with Crippen molar-refractivity contribution in [1.82, 2.24) is 10.3 Å². The van der Waals surface area contributed by atoms with Gasteiger partial charge >= 0.3 is 0 Å². The summed E-state index contributed by atoms with van der Waals surface area (Å²) in [6.07, 6.45) is 1.46. The molecule has 0 saturated heterocycles. The van der Waals surface area contributed by atoms with Crippen molar-refractivity contribution >= 4 is 17.5 Å². The molecule has 0 aliphatic heterocycles. The number of carbonyl (C=O) groups is 2. The van der Waals surface area contributed by atoms with Gasteiger partial charge < -0.3 is 16.8 Å². The predicted octanol–water partition coefficient (Wildman–Crippen LogP) is -0.0341. The first-order chi connectivity index (χ1) is 7.74. The molecule has 6 heteroatoms. The number of primary amides is 1. The van der Waals surface area contributed by atoms with Gasteiger partial charge in [0, 0.05) is 0 Å². The first kappa shape index (κ1) is 13.0. The Hall–Kier alpha value is -2.11. The molecule has 1 aromatic heterocycles. The molecule has 0 aliphatic rings. The van der Waals surface area contributed by atoms with Crippen molar-refractivity contribution < 1.29 is 9.59 Å². The zero-order chi connectivity index (χ0) is 13.2. The van der Waals surface area contributed by atoms with E-state index in [0.29, 0.717) is 16.9 Å². The van der Waals surface area contributed by atoms with Gasteiger partial charge in [0.15, 0.2) is 0 Å². The van der Waals surface area contributed by atoms with Crippen LogP contribution in [0, 0.1) is 6.92 Å². The molecule has 0 radical (unpaired) electrons. The van der Waals surface area contributed by atoms with Crippen LogP contribution in [-0.2, 0) is 4.79 Å². The molecule has 0 spiro atoms. The molecule has 1 aromatic rings. The van der Waals surface area contributed by atoms with Gasteiger partial charge in [-0.05, 0) is 26.8 Å². The molecule has 0 unspecified atom stereocenters.